The van der Waals surface area contributed by atoms with E-state index in [-0.39, 0.29) is 17.8 Å². The van der Waals surface area contributed by atoms with Gasteiger partial charge in [-0.15, -0.1) is 0 Å². The third-order valence-electron chi connectivity index (χ3n) is 3.92. The molecule has 2 N–H and O–H groups in total. The number of nitrogens with zero attached hydrogens (tertiary/aromatic N) is 2. The van der Waals surface area contributed by atoms with Crippen LogP contribution in [-0.2, 0) is 6.54 Å². The van der Waals surface area contributed by atoms with Crippen LogP contribution in [0.5, 0.6) is 0 Å². The number of rotatable bonds is 5. The maximum Gasteiger partial charge on any atom is 0.274 e. The molecule has 0 aliphatic carbocycles. The molecule has 0 bridgehead atoms. The van der Waals surface area contributed by atoms with Crippen molar-refractivity contribution in [2.24, 2.45) is 0 Å². The van der Waals surface area contributed by atoms with Crippen LogP contribution in [0.3, 0.4) is 0 Å². The van der Waals surface area contributed by atoms with Crippen LogP contribution in [0.15, 0.2) is 66.9 Å². The Morgan fingerprint density at radius 1 is 1.04 bits per heavy atom. The highest BCUT2D eigenvalue weighted by molar-refractivity contribution is 6.04. The van der Waals surface area contributed by atoms with Crippen molar-refractivity contribution in [1.82, 2.24) is 10.3 Å². The lowest BCUT2D eigenvalue weighted by Gasteiger charge is -2.08. The van der Waals surface area contributed by atoms with Gasteiger partial charge < -0.3 is 10.6 Å². The molecule has 7 heteroatoms. The zero-order valence-electron chi connectivity index (χ0n) is 14.6. The Kier molecular flexibility index (Phi) is 5.72. The standard InChI is InChI=1S/C21H15FN4O2/c22-18-4-2-1-3-16(18)13-25-20(27)15-9-10-24-19(11-15)21(28)26-17-7-5-14(12-23)6-8-17/h1-11H,13H2,(H,25,27)(H,26,28). The van der Waals surface area contributed by atoms with Crippen LogP contribution in [0.1, 0.15) is 32.0 Å². The molecule has 6 nitrogen and oxygen atoms in total. The van der Waals surface area contributed by atoms with Gasteiger partial charge in [-0.2, -0.15) is 5.26 Å². The average molecular weight is 374 g/mol. The number of anilines is 1. The highest BCUT2D eigenvalue weighted by Crippen LogP contribution is 2.11. The van der Waals surface area contributed by atoms with Crippen molar-refractivity contribution in [1.29, 1.82) is 5.26 Å². The number of hydrogen-bond acceptors (Lipinski definition) is 4. The van der Waals surface area contributed by atoms with E-state index in [1.807, 2.05) is 6.07 Å². The number of carbonyl (C=O) groups is 2. The van der Waals surface area contributed by atoms with Gasteiger partial charge in [0.1, 0.15) is 11.5 Å². The first kappa shape index (κ1) is 18.7. The van der Waals surface area contributed by atoms with E-state index < -0.39 is 17.6 Å². The number of benzene rings is 2. The summed E-state index contributed by atoms with van der Waals surface area (Å²) in [4.78, 5) is 28.6. The first-order chi connectivity index (χ1) is 13.6. The second kappa shape index (κ2) is 8.56. The summed E-state index contributed by atoms with van der Waals surface area (Å²) in [6.07, 6.45) is 1.35. The molecule has 138 valence electrons. The first-order valence-corrected chi connectivity index (χ1v) is 8.36. The zero-order valence-corrected chi connectivity index (χ0v) is 14.6. The van der Waals surface area contributed by atoms with Gasteiger partial charge in [-0.1, -0.05) is 18.2 Å². The third-order valence-corrected chi connectivity index (χ3v) is 3.92. The normalized spacial score (nSPS) is 10.0. The number of hydrogen-bond donors (Lipinski definition) is 2. The Bertz CT molecular complexity index is 1060. The van der Waals surface area contributed by atoms with E-state index in [4.69, 9.17) is 5.26 Å². The Labute approximate surface area is 160 Å². The molecule has 0 saturated carbocycles. The summed E-state index contributed by atoms with van der Waals surface area (Å²) in [6.45, 7) is 0.0284. The fourth-order valence-corrected chi connectivity index (χ4v) is 2.44. The van der Waals surface area contributed by atoms with Crippen molar-refractivity contribution < 1.29 is 14.0 Å². The number of carbonyl (C=O) groups excluding carboxylic acids is 2. The lowest BCUT2D eigenvalue weighted by molar-refractivity contribution is 0.0950. The molecule has 3 aromatic rings. The van der Waals surface area contributed by atoms with Gasteiger partial charge in [0.25, 0.3) is 11.8 Å². The Morgan fingerprint density at radius 2 is 1.79 bits per heavy atom. The number of pyridine rings is 1. The molecule has 0 aliphatic rings. The molecular weight excluding hydrogens is 359 g/mol. The van der Waals surface area contributed by atoms with E-state index in [0.29, 0.717) is 16.8 Å². The summed E-state index contributed by atoms with van der Waals surface area (Å²) >= 11 is 0. The molecule has 28 heavy (non-hydrogen) atoms. The molecular formula is C21H15FN4O2. The SMILES string of the molecule is N#Cc1ccc(NC(=O)c2cc(C(=O)NCc3ccccc3F)ccn2)cc1. The van der Waals surface area contributed by atoms with Crippen LogP contribution in [-0.4, -0.2) is 16.8 Å². The van der Waals surface area contributed by atoms with E-state index in [1.165, 1.54) is 24.4 Å². The van der Waals surface area contributed by atoms with E-state index in [1.54, 1.807) is 42.5 Å². The van der Waals surface area contributed by atoms with Crippen molar-refractivity contribution in [3.63, 3.8) is 0 Å². The van der Waals surface area contributed by atoms with Crippen molar-refractivity contribution in [2.75, 3.05) is 5.32 Å². The van der Waals surface area contributed by atoms with E-state index in [2.05, 4.69) is 15.6 Å². The second-order valence-electron chi connectivity index (χ2n) is 5.85. The average Bonchev–Trinajstić information content (AvgIpc) is 2.73. The maximum atomic E-state index is 13.6. The van der Waals surface area contributed by atoms with Crippen LogP contribution in [0.25, 0.3) is 0 Å². The fraction of sp³-hybridized carbons (Fsp3) is 0.0476. The Balaban J connectivity index is 1.67. The lowest BCUT2D eigenvalue weighted by atomic mass is 10.1. The second-order valence-corrected chi connectivity index (χ2v) is 5.85. The van der Waals surface area contributed by atoms with Gasteiger partial charge >= 0.3 is 0 Å². The van der Waals surface area contributed by atoms with Crippen LogP contribution in [0.4, 0.5) is 10.1 Å². The number of nitrogens with one attached hydrogen (secondary N) is 2. The third kappa shape index (κ3) is 4.56. The Morgan fingerprint density at radius 3 is 2.50 bits per heavy atom. The summed E-state index contributed by atoms with van der Waals surface area (Å²) in [6, 6.07) is 17.3. The molecule has 3 rings (SSSR count). The molecule has 1 aromatic heterocycles. The highest BCUT2D eigenvalue weighted by Gasteiger charge is 2.13. The molecule has 2 aromatic carbocycles. The van der Waals surface area contributed by atoms with Crippen molar-refractivity contribution >= 4 is 17.5 Å². The summed E-state index contributed by atoms with van der Waals surface area (Å²) < 4.78 is 13.6. The van der Waals surface area contributed by atoms with Crippen molar-refractivity contribution in [3.8, 4) is 6.07 Å². The van der Waals surface area contributed by atoms with Crippen LogP contribution in [0.2, 0.25) is 0 Å². The summed E-state index contributed by atoms with van der Waals surface area (Å²) in [5, 5.41) is 14.1. The fourth-order valence-electron chi connectivity index (χ4n) is 2.44. The number of aromatic nitrogens is 1. The van der Waals surface area contributed by atoms with Gasteiger partial charge in [-0.05, 0) is 42.5 Å². The van der Waals surface area contributed by atoms with Gasteiger partial charge in [0.05, 0.1) is 11.6 Å². The summed E-state index contributed by atoms with van der Waals surface area (Å²) in [5.74, 6) is -1.34. The topological polar surface area (TPSA) is 94.9 Å². The van der Waals surface area contributed by atoms with Crippen LogP contribution in [0, 0.1) is 17.1 Å². The molecule has 0 aliphatic heterocycles. The first-order valence-electron chi connectivity index (χ1n) is 8.36. The van der Waals surface area contributed by atoms with Gasteiger partial charge in [0, 0.05) is 29.6 Å². The van der Waals surface area contributed by atoms with E-state index >= 15 is 0 Å². The van der Waals surface area contributed by atoms with Gasteiger partial charge in [0.2, 0.25) is 0 Å². The molecule has 0 radical (unpaired) electrons. The predicted octanol–water partition coefficient (Wildman–Crippen LogP) is 3.27. The number of nitriles is 1. The van der Waals surface area contributed by atoms with Crippen LogP contribution >= 0.6 is 0 Å². The summed E-state index contributed by atoms with van der Waals surface area (Å²) in [7, 11) is 0. The predicted molar refractivity (Wildman–Crippen MR) is 101 cm³/mol. The van der Waals surface area contributed by atoms with Crippen molar-refractivity contribution in [3.05, 3.63) is 95.1 Å². The van der Waals surface area contributed by atoms with E-state index in [0.717, 1.165) is 0 Å². The number of halogens is 1. The van der Waals surface area contributed by atoms with Gasteiger partial charge in [-0.25, -0.2) is 4.39 Å². The quantitative estimate of drug-likeness (QED) is 0.716. The smallest absolute Gasteiger partial charge is 0.274 e. The van der Waals surface area contributed by atoms with E-state index in [9.17, 15) is 14.0 Å². The number of amides is 2. The molecule has 0 spiro atoms. The Hall–Kier alpha value is -4.05. The largest absolute Gasteiger partial charge is 0.348 e. The molecule has 0 atom stereocenters. The van der Waals surface area contributed by atoms with Crippen molar-refractivity contribution in [2.45, 2.75) is 6.54 Å². The van der Waals surface area contributed by atoms with Crippen LogP contribution < -0.4 is 10.6 Å². The van der Waals surface area contributed by atoms with Gasteiger partial charge in [-0.3, -0.25) is 14.6 Å². The maximum absolute atomic E-state index is 13.6. The molecule has 0 saturated heterocycles. The minimum absolute atomic E-state index is 0.0284. The molecule has 0 fully saturated rings. The lowest BCUT2D eigenvalue weighted by Crippen LogP contribution is -2.24. The minimum atomic E-state index is -0.492. The monoisotopic (exact) mass is 374 g/mol. The zero-order chi connectivity index (χ0) is 19.9. The molecule has 0 unspecified atom stereocenters. The minimum Gasteiger partial charge on any atom is -0.348 e. The molecule has 2 amide bonds. The van der Waals surface area contributed by atoms with Gasteiger partial charge in [0.15, 0.2) is 0 Å². The molecule has 1 heterocycles. The summed E-state index contributed by atoms with van der Waals surface area (Å²) in [5.41, 5.74) is 1.63. The highest BCUT2D eigenvalue weighted by atomic mass is 19.1.